The zero-order chi connectivity index (χ0) is 15.3. The van der Waals surface area contributed by atoms with E-state index in [0.29, 0.717) is 10.0 Å². The molecule has 20 heavy (non-hydrogen) atoms. The summed E-state index contributed by atoms with van der Waals surface area (Å²) in [6, 6.07) is 6.89. The molecule has 1 rings (SSSR count). The highest BCUT2D eigenvalue weighted by atomic mass is 79.9. The molecular weight excluding hydrogens is 324 g/mol. The molecule has 0 bridgehead atoms. The third kappa shape index (κ3) is 4.40. The van der Waals surface area contributed by atoms with Gasteiger partial charge < -0.3 is 5.11 Å². The molecule has 110 valence electrons. The highest BCUT2D eigenvalue weighted by molar-refractivity contribution is 9.10. The molecule has 0 atom stereocenters. The number of likely N-dealkylation sites (N-methyl/N-ethyl adjacent to an activating group) is 1. The van der Waals surface area contributed by atoms with Gasteiger partial charge in [0.1, 0.15) is 0 Å². The molecular formula is C14H19BrN2O3. The van der Waals surface area contributed by atoms with Crippen LogP contribution in [0.2, 0.25) is 0 Å². The summed E-state index contributed by atoms with van der Waals surface area (Å²) >= 11 is 3.27. The van der Waals surface area contributed by atoms with E-state index < -0.39 is 17.4 Å². The Kier molecular flexibility index (Phi) is 5.86. The largest absolute Gasteiger partial charge is 0.394 e. The van der Waals surface area contributed by atoms with Crippen LogP contribution in [0.15, 0.2) is 28.7 Å². The summed E-state index contributed by atoms with van der Waals surface area (Å²) in [5, 5.41) is 11.6. The molecule has 0 spiro atoms. The summed E-state index contributed by atoms with van der Waals surface area (Å²) in [4.78, 5) is 25.5. The number of nitrogens with one attached hydrogen (secondary N) is 1. The van der Waals surface area contributed by atoms with Crippen molar-refractivity contribution in [3.8, 4) is 0 Å². The van der Waals surface area contributed by atoms with E-state index in [9.17, 15) is 14.7 Å². The Hall–Kier alpha value is -1.24. The number of imide groups is 1. The number of halogens is 1. The summed E-state index contributed by atoms with van der Waals surface area (Å²) < 4.78 is 0.634. The Labute approximate surface area is 127 Å². The van der Waals surface area contributed by atoms with Crippen LogP contribution in [-0.4, -0.2) is 47.6 Å². The second-order valence-corrected chi connectivity index (χ2v) is 6.04. The molecule has 0 radical (unpaired) electrons. The topological polar surface area (TPSA) is 69.6 Å². The van der Waals surface area contributed by atoms with Crippen LogP contribution in [0.4, 0.5) is 0 Å². The molecule has 1 aromatic carbocycles. The van der Waals surface area contributed by atoms with Crippen LogP contribution in [0.5, 0.6) is 0 Å². The molecule has 6 heteroatoms. The zero-order valence-corrected chi connectivity index (χ0v) is 13.4. The monoisotopic (exact) mass is 342 g/mol. The summed E-state index contributed by atoms with van der Waals surface area (Å²) in [5.41, 5.74) is -0.113. The van der Waals surface area contributed by atoms with Crippen molar-refractivity contribution < 1.29 is 14.7 Å². The van der Waals surface area contributed by atoms with Crippen LogP contribution in [0.1, 0.15) is 24.2 Å². The van der Waals surface area contributed by atoms with Gasteiger partial charge >= 0.3 is 0 Å². The molecule has 0 aliphatic heterocycles. The van der Waals surface area contributed by atoms with E-state index in [-0.39, 0.29) is 13.2 Å². The predicted molar refractivity (Wildman–Crippen MR) is 80.4 cm³/mol. The molecule has 1 aromatic rings. The van der Waals surface area contributed by atoms with E-state index in [0.717, 1.165) is 0 Å². The molecule has 0 unspecified atom stereocenters. The smallest absolute Gasteiger partial charge is 0.259 e. The van der Waals surface area contributed by atoms with Crippen LogP contribution in [-0.2, 0) is 4.79 Å². The lowest BCUT2D eigenvalue weighted by Crippen LogP contribution is -2.49. The number of rotatable bonds is 5. The number of aliphatic hydroxyl groups is 1. The Balaban J connectivity index is 2.64. The average molecular weight is 343 g/mol. The van der Waals surface area contributed by atoms with E-state index >= 15 is 0 Å². The molecule has 0 fully saturated rings. The molecule has 0 saturated carbocycles. The molecule has 2 amide bonds. The first-order valence-electron chi connectivity index (χ1n) is 6.18. The number of hydrogen-bond acceptors (Lipinski definition) is 4. The quantitative estimate of drug-likeness (QED) is 0.848. The Morgan fingerprint density at radius 2 is 1.95 bits per heavy atom. The first-order chi connectivity index (χ1) is 9.27. The normalized spacial score (nSPS) is 11.5. The van der Waals surface area contributed by atoms with Crippen LogP contribution in [0.25, 0.3) is 0 Å². The predicted octanol–water partition coefficient (Wildman–Crippen LogP) is 1.41. The van der Waals surface area contributed by atoms with E-state index in [1.165, 1.54) is 0 Å². The summed E-state index contributed by atoms with van der Waals surface area (Å²) in [5.74, 6) is -0.854. The number of nitrogens with zero attached hydrogens (tertiary/aromatic N) is 1. The van der Waals surface area contributed by atoms with Crippen molar-refractivity contribution in [3.63, 3.8) is 0 Å². The average Bonchev–Trinajstić information content (AvgIpc) is 2.38. The van der Waals surface area contributed by atoms with Crippen LogP contribution < -0.4 is 5.32 Å². The van der Waals surface area contributed by atoms with Crippen molar-refractivity contribution in [2.75, 3.05) is 20.2 Å². The van der Waals surface area contributed by atoms with Gasteiger partial charge in [-0.15, -0.1) is 0 Å². The first-order valence-corrected chi connectivity index (χ1v) is 6.98. The van der Waals surface area contributed by atoms with Crippen molar-refractivity contribution in [1.29, 1.82) is 0 Å². The minimum Gasteiger partial charge on any atom is -0.394 e. The highest BCUT2D eigenvalue weighted by Crippen LogP contribution is 2.15. The molecule has 0 aliphatic carbocycles. The molecule has 5 nitrogen and oxygen atoms in total. The number of amides is 2. The van der Waals surface area contributed by atoms with Crippen molar-refractivity contribution >= 4 is 27.7 Å². The van der Waals surface area contributed by atoms with Crippen LogP contribution in [0.3, 0.4) is 0 Å². The van der Waals surface area contributed by atoms with Gasteiger partial charge in [0.05, 0.1) is 18.7 Å². The summed E-state index contributed by atoms with van der Waals surface area (Å²) in [6.45, 7) is 3.59. The van der Waals surface area contributed by atoms with Crippen molar-refractivity contribution in [3.05, 3.63) is 34.3 Å². The number of carbonyl (C=O) groups excluding carboxylic acids is 2. The first kappa shape index (κ1) is 16.8. The van der Waals surface area contributed by atoms with Gasteiger partial charge in [-0.2, -0.15) is 0 Å². The van der Waals surface area contributed by atoms with E-state index in [1.807, 2.05) is 13.8 Å². The van der Waals surface area contributed by atoms with E-state index in [1.54, 1.807) is 36.2 Å². The molecule has 2 N–H and O–H groups in total. The Morgan fingerprint density at radius 1 is 1.35 bits per heavy atom. The fourth-order valence-corrected chi connectivity index (χ4v) is 1.89. The van der Waals surface area contributed by atoms with Gasteiger partial charge in [-0.1, -0.05) is 12.1 Å². The lowest BCUT2D eigenvalue weighted by molar-refractivity contribution is -0.122. The molecule has 0 aliphatic rings. The van der Waals surface area contributed by atoms with Gasteiger partial charge in [0.2, 0.25) is 5.91 Å². The van der Waals surface area contributed by atoms with Gasteiger partial charge in [0, 0.05) is 10.0 Å². The second-order valence-electron chi connectivity index (χ2n) is 5.18. The lowest BCUT2D eigenvalue weighted by atomic mass is 10.1. The lowest BCUT2D eigenvalue weighted by Gasteiger charge is -2.33. The maximum Gasteiger partial charge on any atom is 0.259 e. The third-order valence-corrected chi connectivity index (χ3v) is 3.86. The van der Waals surface area contributed by atoms with Gasteiger partial charge in [-0.25, -0.2) is 0 Å². The maximum atomic E-state index is 11.9. The number of aliphatic hydroxyl groups excluding tert-OH is 1. The third-order valence-electron chi connectivity index (χ3n) is 3.17. The van der Waals surface area contributed by atoms with Crippen LogP contribution in [0, 0.1) is 0 Å². The fraction of sp³-hybridized carbons (Fsp3) is 0.429. The standard InChI is InChI=1S/C14H19BrN2O3/c1-14(2,9-18)17(3)8-12(19)16-13(20)10-6-4-5-7-11(10)15/h4-7,18H,8-9H2,1-3H3,(H,16,19,20). The molecule has 0 heterocycles. The second kappa shape index (κ2) is 6.97. The minimum atomic E-state index is -0.520. The van der Waals surface area contributed by atoms with Crippen molar-refractivity contribution in [2.45, 2.75) is 19.4 Å². The van der Waals surface area contributed by atoms with Crippen LogP contribution >= 0.6 is 15.9 Å². The molecule has 0 saturated heterocycles. The van der Waals surface area contributed by atoms with Crippen molar-refractivity contribution in [2.24, 2.45) is 0 Å². The fourth-order valence-electron chi connectivity index (χ4n) is 1.43. The SMILES string of the molecule is CN(CC(=O)NC(=O)c1ccccc1Br)C(C)(C)CO. The van der Waals surface area contributed by atoms with Crippen molar-refractivity contribution in [1.82, 2.24) is 10.2 Å². The molecule has 0 aromatic heterocycles. The zero-order valence-electron chi connectivity index (χ0n) is 11.8. The Bertz CT molecular complexity index is 503. The maximum absolute atomic E-state index is 11.9. The summed E-state index contributed by atoms with van der Waals surface area (Å²) in [6.07, 6.45) is 0. The summed E-state index contributed by atoms with van der Waals surface area (Å²) in [7, 11) is 1.72. The van der Waals surface area contributed by atoms with Gasteiger partial charge in [-0.3, -0.25) is 19.8 Å². The van der Waals surface area contributed by atoms with Gasteiger partial charge in [0.15, 0.2) is 0 Å². The van der Waals surface area contributed by atoms with E-state index in [2.05, 4.69) is 21.2 Å². The number of benzene rings is 1. The minimum absolute atomic E-state index is 0.0315. The number of hydrogen-bond donors (Lipinski definition) is 2. The van der Waals surface area contributed by atoms with Gasteiger partial charge in [-0.05, 0) is 49.0 Å². The van der Waals surface area contributed by atoms with E-state index in [4.69, 9.17) is 0 Å². The Morgan fingerprint density at radius 3 is 2.50 bits per heavy atom. The highest BCUT2D eigenvalue weighted by Gasteiger charge is 2.25. The van der Waals surface area contributed by atoms with Gasteiger partial charge in [0.25, 0.3) is 5.91 Å². The number of carbonyl (C=O) groups is 2.